The summed E-state index contributed by atoms with van der Waals surface area (Å²) in [7, 11) is 0. The highest BCUT2D eigenvalue weighted by atomic mass is 35.5. The number of carbonyl (C=O) groups is 3. The number of fused-ring (bicyclic) bond motifs is 3. The van der Waals surface area contributed by atoms with Crippen LogP contribution in [0.25, 0.3) is 21.8 Å². The number of oxime groups is 1. The second-order valence-corrected chi connectivity index (χ2v) is 9.68. The summed E-state index contributed by atoms with van der Waals surface area (Å²) in [4.78, 5) is 41.9. The van der Waals surface area contributed by atoms with Crippen LogP contribution >= 0.6 is 11.6 Å². The molecule has 0 aliphatic rings. The third-order valence-electron chi connectivity index (χ3n) is 6.35. The van der Waals surface area contributed by atoms with Crippen LogP contribution in [0.3, 0.4) is 0 Å². The Morgan fingerprint density at radius 2 is 1.54 bits per heavy atom. The van der Waals surface area contributed by atoms with Crippen molar-refractivity contribution in [1.82, 2.24) is 4.57 Å². The van der Waals surface area contributed by atoms with E-state index in [9.17, 15) is 19.5 Å². The van der Waals surface area contributed by atoms with Gasteiger partial charge in [-0.05, 0) is 42.8 Å². The maximum absolute atomic E-state index is 13.2. The lowest BCUT2D eigenvalue weighted by Crippen LogP contribution is -2.25. The first-order chi connectivity index (χ1) is 18.7. The van der Waals surface area contributed by atoms with E-state index in [4.69, 9.17) is 21.2 Å². The lowest BCUT2D eigenvalue weighted by Gasteiger charge is -2.15. The number of nitrogens with zero attached hydrogens (tertiary/aromatic N) is 2. The molecule has 202 valence electrons. The number of aliphatic hydroxyl groups excluding tert-OH is 1. The first-order valence-electron chi connectivity index (χ1n) is 12.5. The van der Waals surface area contributed by atoms with Crippen LogP contribution in [0.15, 0.2) is 71.9 Å². The molecule has 1 heterocycles. The van der Waals surface area contributed by atoms with Crippen molar-refractivity contribution in [3.8, 4) is 0 Å². The van der Waals surface area contributed by atoms with Crippen LogP contribution in [0.5, 0.6) is 0 Å². The number of hydrogen-bond donors (Lipinski definition) is 1. The monoisotopic (exact) mass is 548 g/mol. The summed E-state index contributed by atoms with van der Waals surface area (Å²) in [5.74, 6) is -1.62. The Labute approximate surface area is 230 Å². The Hall–Kier alpha value is -4.01. The van der Waals surface area contributed by atoms with E-state index < -0.39 is 24.0 Å². The fourth-order valence-electron chi connectivity index (χ4n) is 4.32. The molecule has 3 aromatic carbocycles. The average molecular weight is 549 g/mol. The van der Waals surface area contributed by atoms with E-state index in [0.29, 0.717) is 23.4 Å². The predicted molar refractivity (Wildman–Crippen MR) is 150 cm³/mol. The molecule has 0 saturated carbocycles. The maximum atomic E-state index is 13.2. The number of aromatic nitrogens is 1. The Bertz CT molecular complexity index is 1560. The van der Waals surface area contributed by atoms with Gasteiger partial charge in [-0.2, -0.15) is 0 Å². The Morgan fingerprint density at radius 3 is 2.15 bits per heavy atom. The summed E-state index contributed by atoms with van der Waals surface area (Å²) in [5, 5.41) is 15.2. The van der Waals surface area contributed by atoms with Gasteiger partial charge in [0.2, 0.25) is 0 Å². The summed E-state index contributed by atoms with van der Waals surface area (Å²) in [6.07, 6.45) is -0.924. The van der Waals surface area contributed by atoms with Crippen molar-refractivity contribution in [3.05, 3.63) is 83.4 Å². The van der Waals surface area contributed by atoms with Crippen LogP contribution in [-0.2, 0) is 25.7 Å². The van der Waals surface area contributed by atoms with E-state index in [1.54, 1.807) is 32.0 Å². The fourth-order valence-corrected chi connectivity index (χ4v) is 4.41. The molecule has 2 atom stereocenters. The number of rotatable bonds is 10. The third kappa shape index (κ3) is 6.35. The molecule has 0 spiro atoms. The number of alkyl halides is 1. The van der Waals surface area contributed by atoms with Gasteiger partial charge in [-0.25, -0.2) is 4.79 Å². The minimum Gasteiger partial charge on any atom is -0.463 e. The number of hydrogen-bond acceptors (Lipinski definition) is 7. The topological polar surface area (TPSA) is 107 Å². The van der Waals surface area contributed by atoms with E-state index in [2.05, 4.69) is 5.16 Å². The average Bonchev–Trinajstić information content (AvgIpc) is 3.26. The number of benzene rings is 3. The number of halogens is 1. The number of ether oxygens (including phenoxy) is 1. The van der Waals surface area contributed by atoms with Crippen LogP contribution in [0.2, 0.25) is 0 Å². The number of carbonyl (C=O) groups excluding carboxylic acids is 3. The summed E-state index contributed by atoms with van der Waals surface area (Å²) in [6, 6.07) is 20.2. The molecule has 1 N–H and O–H groups in total. The Balaban J connectivity index is 1.79. The van der Waals surface area contributed by atoms with E-state index in [1.807, 2.05) is 53.1 Å². The van der Waals surface area contributed by atoms with Crippen LogP contribution in [0.4, 0.5) is 0 Å². The molecule has 0 aliphatic heterocycles. The highest BCUT2D eigenvalue weighted by Gasteiger charge is 2.21. The van der Waals surface area contributed by atoms with Crippen LogP contribution in [-0.4, -0.2) is 51.7 Å². The van der Waals surface area contributed by atoms with Crippen molar-refractivity contribution in [1.29, 1.82) is 0 Å². The molecule has 0 aliphatic carbocycles. The van der Waals surface area contributed by atoms with Gasteiger partial charge < -0.3 is 19.2 Å². The van der Waals surface area contributed by atoms with Crippen molar-refractivity contribution < 1.29 is 29.1 Å². The Kier molecular flexibility index (Phi) is 8.79. The van der Waals surface area contributed by atoms with Crippen LogP contribution in [0.1, 0.15) is 42.3 Å². The molecular weight excluding hydrogens is 520 g/mol. The SMILES string of the molecule is CC(=O)O/N=C(/C)c1ccc2c(c1)c1cc(C(=O)c3ccccc3)ccc1n2CC(C)C(=O)OCC(O)CCl. The standard InChI is InChI=1S/C30H29ClN2O6/c1-18(30(37)38-17-24(35)15-31)16-33-27-11-9-22(19(2)32-39-20(3)34)13-25(27)26-14-23(10-12-28(26)33)29(36)21-7-5-4-6-8-21/h4-14,18,24,35H,15-17H2,1-3H3/b32-19-. The highest BCUT2D eigenvalue weighted by molar-refractivity contribution is 6.18. The van der Waals surface area contributed by atoms with E-state index in [0.717, 1.165) is 27.4 Å². The summed E-state index contributed by atoms with van der Waals surface area (Å²) in [5.41, 5.74) is 4.05. The highest BCUT2D eigenvalue weighted by Crippen LogP contribution is 2.32. The molecule has 8 nitrogen and oxygen atoms in total. The molecule has 4 rings (SSSR count). The summed E-state index contributed by atoms with van der Waals surface area (Å²) in [6.45, 7) is 4.91. The van der Waals surface area contributed by atoms with Crippen molar-refractivity contribution in [3.63, 3.8) is 0 Å². The molecular formula is C30H29ClN2O6. The second kappa shape index (κ2) is 12.2. The lowest BCUT2D eigenvalue weighted by atomic mass is 10.0. The first-order valence-corrected chi connectivity index (χ1v) is 13.0. The predicted octanol–water partition coefficient (Wildman–Crippen LogP) is 5.09. The molecule has 0 radical (unpaired) electrons. The number of aliphatic hydroxyl groups is 1. The van der Waals surface area contributed by atoms with E-state index in [1.165, 1.54) is 6.92 Å². The summed E-state index contributed by atoms with van der Waals surface area (Å²) < 4.78 is 7.24. The minimum absolute atomic E-state index is 0.0267. The van der Waals surface area contributed by atoms with E-state index >= 15 is 0 Å². The molecule has 9 heteroatoms. The lowest BCUT2D eigenvalue weighted by molar-refractivity contribution is -0.151. The molecule has 1 aromatic heterocycles. The molecule has 0 bridgehead atoms. The maximum Gasteiger partial charge on any atom is 0.331 e. The molecule has 0 saturated heterocycles. The van der Waals surface area contributed by atoms with Crippen molar-refractivity contribution in [2.75, 3.05) is 12.5 Å². The van der Waals surface area contributed by atoms with Gasteiger partial charge in [0.05, 0.1) is 17.5 Å². The zero-order valence-electron chi connectivity index (χ0n) is 21.9. The fraction of sp³-hybridized carbons (Fsp3) is 0.267. The molecule has 4 aromatic rings. The minimum atomic E-state index is -0.924. The van der Waals surface area contributed by atoms with Gasteiger partial charge in [0.15, 0.2) is 5.78 Å². The van der Waals surface area contributed by atoms with Gasteiger partial charge in [0.25, 0.3) is 0 Å². The largest absolute Gasteiger partial charge is 0.463 e. The van der Waals surface area contributed by atoms with Crippen LogP contribution in [0, 0.1) is 5.92 Å². The quantitative estimate of drug-likeness (QED) is 0.0738. The normalized spacial score (nSPS) is 13.3. The molecule has 0 fully saturated rings. The first kappa shape index (κ1) is 28.0. The second-order valence-electron chi connectivity index (χ2n) is 9.37. The number of ketones is 1. The van der Waals surface area contributed by atoms with Gasteiger partial charge in [-0.3, -0.25) is 9.59 Å². The van der Waals surface area contributed by atoms with Gasteiger partial charge in [0.1, 0.15) is 12.7 Å². The third-order valence-corrected chi connectivity index (χ3v) is 6.70. The molecule has 2 unspecified atom stereocenters. The summed E-state index contributed by atoms with van der Waals surface area (Å²) >= 11 is 5.60. The van der Waals surface area contributed by atoms with Crippen molar-refractivity contribution in [2.24, 2.45) is 11.1 Å². The van der Waals surface area contributed by atoms with Gasteiger partial charge in [-0.1, -0.05) is 48.5 Å². The van der Waals surface area contributed by atoms with Gasteiger partial charge >= 0.3 is 11.9 Å². The van der Waals surface area contributed by atoms with Crippen molar-refractivity contribution in [2.45, 2.75) is 33.4 Å². The zero-order valence-corrected chi connectivity index (χ0v) is 22.6. The van der Waals surface area contributed by atoms with E-state index in [-0.39, 0.29) is 18.3 Å². The van der Waals surface area contributed by atoms with Gasteiger partial charge in [0, 0.05) is 46.4 Å². The van der Waals surface area contributed by atoms with Gasteiger partial charge in [-0.15, -0.1) is 11.6 Å². The number of esters is 1. The smallest absolute Gasteiger partial charge is 0.331 e. The van der Waals surface area contributed by atoms with Crippen molar-refractivity contribution >= 4 is 56.8 Å². The zero-order chi connectivity index (χ0) is 28.1. The molecule has 39 heavy (non-hydrogen) atoms. The Morgan fingerprint density at radius 1 is 0.923 bits per heavy atom. The molecule has 0 amide bonds. The van der Waals surface area contributed by atoms with Crippen LogP contribution < -0.4 is 0 Å².